The van der Waals surface area contributed by atoms with Crippen LogP contribution in [0.15, 0.2) is 12.2 Å². The van der Waals surface area contributed by atoms with Crippen LogP contribution in [-0.2, 0) is 4.79 Å². The first-order valence-corrected chi connectivity index (χ1v) is 6.58. The van der Waals surface area contributed by atoms with E-state index in [0.717, 1.165) is 30.1 Å². The van der Waals surface area contributed by atoms with Crippen molar-refractivity contribution in [1.82, 2.24) is 0 Å². The number of carbonyl (C=O) groups is 1. The zero-order chi connectivity index (χ0) is 11.3. The molecule has 0 aromatic rings. The van der Waals surface area contributed by atoms with Crippen molar-refractivity contribution in [2.24, 2.45) is 29.6 Å². The van der Waals surface area contributed by atoms with E-state index in [1.165, 1.54) is 32.1 Å². The molecule has 0 aromatic carbocycles. The molecule has 0 amide bonds. The number of hydrogen-bond acceptors (Lipinski definition) is 1. The van der Waals surface area contributed by atoms with Crippen molar-refractivity contribution in [1.29, 1.82) is 0 Å². The van der Waals surface area contributed by atoms with Crippen molar-refractivity contribution < 1.29 is 9.90 Å². The minimum absolute atomic E-state index is 0.424. The standard InChI is InChI=1S/C14H20O2/c1-8(14(15)16)6-10-4-5-12-9-2-3-11(7-9)13(10)12/h9-13H,1-7H2,(H,15,16). The van der Waals surface area contributed by atoms with E-state index < -0.39 is 5.97 Å². The smallest absolute Gasteiger partial charge is 0.330 e. The number of carboxylic acids is 1. The Morgan fingerprint density at radius 2 is 1.94 bits per heavy atom. The number of rotatable bonds is 3. The molecule has 0 spiro atoms. The van der Waals surface area contributed by atoms with Gasteiger partial charge in [-0.05, 0) is 68.1 Å². The second-order valence-electron chi connectivity index (χ2n) is 6.02. The summed E-state index contributed by atoms with van der Waals surface area (Å²) in [6.07, 6.45) is 7.61. The highest BCUT2D eigenvalue weighted by Crippen LogP contribution is 2.61. The summed E-state index contributed by atoms with van der Waals surface area (Å²) in [5, 5.41) is 8.92. The van der Waals surface area contributed by atoms with Gasteiger partial charge < -0.3 is 5.11 Å². The van der Waals surface area contributed by atoms with Gasteiger partial charge in [0.2, 0.25) is 0 Å². The average molecular weight is 220 g/mol. The molecule has 0 aliphatic heterocycles. The molecule has 2 bridgehead atoms. The topological polar surface area (TPSA) is 37.3 Å². The lowest BCUT2D eigenvalue weighted by molar-refractivity contribution is -0.132. The third kappa shape index (κ3) is 1.42. The molecule has 0 radical (unpaired) electrons. The Balaban J connectivity index is 1.70. The van der Waals surface area contributed by atoms with Gasteiger partial charge in [0.05, 0.1) is 0 Å². The Hall–Kier alpha value is -0.790. The van der Waals surface area contributed by atoms with Crippen molar-refractivity contribution in [3.05, 3.63) is 12.2 Å². The van der Waals surface area contributed by atoms with Gasteiger partial charge in [-0.3, -0.25) is 0 Å². The fraction of sp³-hybridized carbons (Fsp3) is 0.786. The van der Waals surface area contributed by atoms with Gasteiger partial charge in [-0.1, -0.05) is 6.58 Å². The third-order valence-corrected chi connectivity index (χ3v) is 5.38. The summed E-state index contributed by atoms with van der Waals surface area (Å²) in [6, 6.07) is 0. The molecular weight excluding hydrogens is 200 g/mol. The molecule has 3 fully saturated rings. The molecule has 2 nitrogen and oxygen atoms in total. The van der Waals surface area contributed by atoms with E-state index in [4.69, 9.17) is 5.11 Å². The molecule has 5 unspecified atom stereocenters. The van der Waals surface area contributed by atoms with Crippen LogP contribution in [0.25, 0.3) is 0 Å². The maximum Gasteiger partial charge on any atom is 0.330 e. The first-order chi connectivity index (χ1) is 7.66. The predicted octanol–water partition coefficient (Wildman–Crippen LogP) is 3.09. The Morgan fingerprint density at radius 3 is 2.69 bits per heavy atom. The second-order valence-corrected chi connectivity index (χ2v) is 6.02. The molecule has 16 heavy (non-hydrogen) atoms. The first-order valence-electron chi connectivity index (χ1n) is 6.58. The lowest BCUT2D eigenvalue weighted by Crippen LogP contribution is -2.23. The zero-order valence-electron chi connectivity index (χ0n) is 9.69. The van der Waals surface area contributed by atoms with Crippen LogP contribution >= 0.6 is 0 Å². The van der Waals surface area contributed by atoms with Crippen molar-refractivity contribution in [2.45, 2.75) is 38.5 Å². The lowest BCUT2D eigenvalue weighted by atomic mass is 9.76. The SMILES string of the molecule is C=C(CC1CCC2C3CCC(C3)C12)C(=O)O. The quantitative estimate of drug-likeness (QED) is 0.742. The van der Waals surface area contributed by atoms with Gasteiger partial charge in [0, 0.05) is 5.57 Å². The first kappa shape index (κ1) is 10.4. The van der Waals surface area contributed by atoms with Crippen molar-refractivity contribution in [2.75, 3.05) is 0 Å². The van der Waals surface area contributed by atoms with Crippen LogP contribution in [0.3, 0.4) is 0 Å². The Morgan fingerprint density at radius 1 is 1.19 bits per heavy atom. The van der Waals surface area contributed by atoms with Gasteiger partial charge in [0.25, 0.3) is 0 Å². The molecule has 88 valence electrons. The van der Waals surface area contributed by atoms with Gasteiger partial charge in [-0.25, -0.2) is 4.79 Å². The predicted molar refractivity (Wildman–Crippen MR) is 61.9 cm³/mol. The second kappa shape index (κ2) is 3.61. The molecule has 0 saturated heterocycles. The summed E-state index contributed by atoms with van der Waals surface area (Å²) >= 11 is 0. The molecule has 3 saturated carbocycles. The monoisotopic (exact) mass is 220 g/mol. The van der Waals surface area contributed by atoms with E-state index in [1.807, 2.05) is 0 Å². The van der Waals surface area contributed by atoms with Crippen molar-refractivity contribution in [3.63, 3.8) is 0 Å². The summed E-state index contributed by atoms with van der Waals surface area (Å²) in [5.41, 5.74) is 0.424. The fourth-order valence-electron chi connectivity index (χ4n) is 4.86. The van der Waals surface area contributed by atoms with E-state index >= 15 is 0 Å². The van der Waals surface area contributed by atoms with Gasteiger partial charge in [-0.15, -0.1) is 0 Å². The van der Waals surface area contributed by atoms with Crippen LogP contribution in [-0.4, -0.2) is 11.1 Å². The number of aliphatic carboxylic acids is 1. The van der Waals surface area contributed by atoms with E-state index in [9.17, 15) is 4.79 Å². The highest BCUT2D eigenvalue weighted by Gasteiger charge is 2.53. The Bertz CT molecular complexity index is 334. The average Bonchev–Trinajstić information content (AvgIpc) is 2.88. The molecule has 2 heteroatoms. The molecule has 0 heterocycles. The van der Waals surface area contributed by atoms with Crippen LogP contribution in [0, 0.1) is 29.6 Å². The van der Waals surface area contributed by atoms with Gasteiger partial charge >= 0.3 is 5.97 Å². The fourth-order valence-corrected chi connectivity index (χ4v) is 4.86. The maximum atomic E-state index is 10.8. The zero-order valence-corrected chi connectivity index (χ0v) is 9.69. The highest BCUT2D eigenvalue weighted by molar-refractivity contribution is 5.85. The van der Waals surface area contributed by atoms with E-state index in [0.29, 0.717) is 11.5 Å². The van der Waals surface area contributed by atoms with Crippen LogP contribution in [0.4, 0.5) is 0 Å². The number of fused-ring (bicyclic) bond motifs is 5. The maximum absolute atomic E-state index is 10.8. The Labute approximate surface area is 96.7 Å². The number of hydrogen-bond donors (Lipinski definition) is 1. The van der Waals surface area contributed by atoms with Gasteiger partial charge in [0.1, 0.15) is 0 Å². The summed E-state index contributed by atoms with van der Waals surface area (Å²) in [7, 11) is 0. The summed E-state index contributed by atoms with van der Waals surface area (Å²) < 4.78 is 0. The molecule has 1 N–H and O–H groups in total. The Kier molecular flexibility index (Phi) is 2.34. The van der Waals surface area contributed by atoms with Crippen LogP contribution in [0.1, 0.15) is 38.5 Å². The van der Waals surface area contributed by atoms with Gasteiger partial charge in [0.15, 0.2) is 0 Å². The number of carboxylic acid groups (broad SMARTS) is 1. The summed E-state index contributed by atoms with van der Waals surface area (Å²) in [6.45, 7) is 3.69. The van der Waals surface area contributed by atoms with E-state index in [1.54, 1.807) is 0 Å². The third-order valence-electron chi connectivity index (χ3n) is 5.38. The van der Waals surface area contributed by atoms with Gasteiger partial charge in [-0.2, -0.15) is 0 Å². The van der Waals surface area contributed by atoms with Crippen molar-refractivity contribution >= 4 is 5.97 Å². The van der Waals surface area contributed by atoms with Crippen LogP contribution in [0.2, 0.25) is 0 Å². The van der Waals surface area contributed by atoms with E-state index in [2.05, 4.69) is 6.58 Å². The molecule has 3 rings (SSSR count). The largest absolute Gasteiger partial charge is 0.478 e. The molecule has 3 aliphatic rings. The molecule has 5 atom stereocenters. The summed E-state index contributed by atoms with van der Waals surface area (Å²) in [5.74, 6) is 3.51. The van der Waals surface area contributed by atoms with Crippen LogP contribution in [0.5, 0.6) is 0 Å². The minimum Gasteiger partial charge on any atom is -0.478 e. The highest BCUT2D eigenvalue weighted by atomic mass is 16.4. The molecule has 0 aromatic heterocycles. The summed E-state index contributed by atoms with van der Waals surface area (Å²) in [4.78, 5) is 10.8. The van der Waals surface area contributed by atoms with Crippen molar-refractivity contribution in [3.8, 4) is 0 Å². The molecule has 3 aliphatic carbocycles. The normalized spacial score (nSPS) is 44.6. The van der Waals surface area contributed by atoms with E-state index in [-0.39, 0.29) is 0 Å². The lowest BCUT2D eigenvalue weighted by Gasteiger charge is -2.29. The van der Waals surface area contributed by atoms with Crippen LogP contribution < -0.4 is 0 Å². The minimum atomic E-state index is -0.799. The molecular formula is C14H20O2.